The number of amides is 1. The number of imidazole rings is 1. The minimum absolute atomic E-state index is 0.267. The van der Waals surface area contributed by atoms with Crippen molar-refractivity contribution in [3.63, 3.8) is 0 Å². The molecule has 0 radical (unpaired) electrons. The quantitative estimate of drug-likeness (QED) is 0.858. The number of aliphatic carboxylic acids is 1. The van der Waals surface area contributed by atoms with Gasteiger partial charge < -0.3 is 10.0 Å². The molecule has 1 atom stereocenters. The van der Waals surface area contributed by atoms with E-state index in [1.54, 1.807) is 35.7 Å². The number of rotatable bonds is 2. The lowest BCUT2D eigenvalue weighted by atomic mass is 10.2. The Morgan fingerprint density at radius 3 is 2.90 bits per heavy atom. The molecular weight excluding hydrogens is 294 g/mol. The minimum atomic E-state index is -1.05. The van der Waals surface area contributed by atoms with Crippen molar-refractivity contribution in [2.75, 3.05) is 6.54 Å². The Morgan fingerprint density at radius 1 is 1.43 bits per heavy atom. The van der Waals surface area contributed by atoms with Crippen LogP contribution in [0.5, 0.6) is 0 Å². The summed E-state index contributed by atoms with van der Waals surface area (Å²) in [5, 5.41) is 9.64. The number of carboxylic acid groups (broad SMARTS) is 1. The van der Waals surface area contributed by atoms with E-state index in [1.165, 1.54) is 11.0 Å². The summed E-state index contributed by atoms with van der Waals surface area (Å²) in [7, 11) is 0. The number of carbonyl (C=O) groups excluding carboxylic acids is 1. The summed E-state index contributed by atoms with van der Waals surface area (Å²) >= 11 is 5.96. The molecule has 1 amide bonds. The SMILES string of the molecule is Cc1nc2ccc(Cl)cn2c1C(=O)N1CC=C[C@@H]1C(=O)O. The van der Waals surface area contributed by atoms with Crippen LogP contribution in [0, 0.1) is 6.92 Å². The van der Waals surface area contributed by atoms with Gasteiger partial charge in [0, 0.05) is 12.7 Å². The molecule has 1 aliphatic heterocycles. The lowest BCUT2D eigenvalue weighted by Crippen LogP contribution is -2.41. The van der Waals surface area contributed by atoms with Crippen molar-refractivity contribution in [1.82, 2.24) is 14.3 Å². The Morgan fingerprint density at radius 2 is 2.19 bits per heavy atom. The van der Waals surface area contributed by atoms with E-state index < -0.39 is 12.0 Å². The second kappa shape index (κ2) is 4.89. The first-order valence-electron chi connectivity index (χ1n) is 6.33. The average Bonchev–Trinajstić information content (AvgIpc) is 3.01. The normalized spacial score (nSPS) is 17.6. The van der Waals surface area contributed by atoms with Crippen LogP contribution in [-0.4, -0.2) is 43.9 Å². The number of carboxylic acids is 1. The monoisotopic (exact) mass is 305 g/mol. The largest absolute Gasteiger partial charge is 0.479 e. The Labute approximate surface area is 125 Å². The fraction of sp³-hybridized carbons (Fsp3) is 0.214. The lowest BCUT2D eigenvalue weighted by Gasteiger charge is -2.21. The molecule has 21 heavy (non-hydrogen) atoms. The van der Waals surface area contributed by atoms with Crippen LogP contribution >= 0.6 is 11.6 Å². The number of halogens is 1. The number of pyridine rings is 1. The summed E-state index contributed by atoms with van der Waals surface area (Å²) in [6, 6.07) is 2.46. The minimum Gasteiger partial charge on any atom is -0.479 e. The van der Waals surface area contributed by atoms with E-state index in [9.17, 15) is 9.59 Å². The van der Waals surface area contributed by atoms with Gasteiger partial charge in [0.25, 0.3) is 5.91 Å². The van der Waals surface area contributed by atoms with Gasteiger partial charge in [0.15, 0.2) is 0 Å². The molecule has 0 aliphatic carbocycles. The first-order chi connectivity index (χ1) is 9.99. The number of fused-ring (bicyclic) bond motifs is 1. The summed E-state index contributed by atoms with van der Waals surface area (Å²) < 4.78 is 1.59. The van der Waals surface area contributed by atoms with Crippen LogP contribution in [-0.2, 0) is 4.79 Å². The van der Waals surface area contributed by atoms with E-state index in [2.05, 4.69) is 4.98 Å². The number of hydrogen-bond donors (Lipinski definition) is 1. The Hall–Kier alpha value is -2.34. The Balaban J connectivity index is 2.08. The summed E-state index contributed by atoms with van der Waals surface area (Å²) in [4.78, 5) is 29.5. The molecule has 108 valence electrons. The van der Waals surface area contributed by atoms with Crippen molar-refractivity contribution in [3.8, 4) is 0 Å². The van der Waals surface area contributed by atoms with Crippen molar-refractivity contribution in [2.24, 2.45) is 0 Å². The highest BCUT2D eigenvalue weighted by molar-refractivity contribution is 6.30. The second-order valence-electron chi connectivity index (χ2n) is 4.79. The standard InChI is InChI=1S/C14H12ClN3O3/c1-8-12(18-7-9(15)4-5-11(18)16-8)13(19)17-6-2-3-10(17)14(20)21/h2-5,7,10H,6H2,1H3,(H,20,21)/t10-/m1/s1. The van der Waals surface area contributed by atoms with Gasteiger partial charge in [-0.25, -0.2) is 9.78 Å². The molecule has 0 saturated heterocycles. The van der Waals surface area contributed by atoms with Crippen molar-refractivity contribution >= 4 is 29.1 Å². The predicted molar refractivity (Wildman–Crippen MR) is 76.5 cm³/mol. The summed E-state index contributed by atoms with van der Waals surface area (Å²) in [6.45, 7) is 1.98. The van der Waals surface area contributed by atoms with Gasteiger partial charge in [-0.1, -0.05) is 23.8 Å². The average molecular weight is 306 g/mol. The highest BCUT2D eigenvalue weighted by Crippen LogP contribution is 2.20. The van der Waals surface area contributed by atoms with Gasteiger partial charge in [0.05, 0.1) is 10.7 Å². The van der Waals surface area contributed by atoms with E-state index >= 15 is 0 Å². The molecule has 7 heteroatoms. The fourth-order valence-electron chi connectivity index (χ4n) is 2.48. The molecule has 1 N–H and O–H groups in total. The number of nitrogens with zero attached hydrogens (tertiary/aromatic N) is 3. The molecule has 0 fully saturated rings. The first kappa shape index (κ1) is 13.6. The van der Waals surface area contributed by atoms with Crippen LogP contribution in [0.3, 0.4) is 0 Å². The zero-order valence-electron chi connectivity index (χ0n) is 11.2. The maximum atomic E-state index is 12.7. The molecule has 2 aromatic rings. The molecular formula is C14H12ClN3O3. The molecule has 0 aromatic carbocycles. The number of aromatic nitrogens is 2. The molecule has 0 bridgehead atoms. The fourth-order valence-corrected chi connectivity index (χ4v) is 2.64. The predicted octanol–water partition coefficient (Wildman–Crippen LogP) is 1.76. The Bertz CT molecular complexity index is 781. The van der Waals surface area contributed by atoms with Gasteiger partial charge in [-0.05, 0) is 19.1 Å². The zero-order chi connectivity index (χ0) is 15.1. The first-order valence-corrected chi connectivity index (χ1v) is 6.71. The molecule has 0 saturated carbocycles. The summed E-state index contributed by atoms with van der Waals surface area (Å²) in [5.74, 6) is -1.43. The van der Waals surface area contributed by atoms with Gasteiger partial charge in [0.2, 0.25) is 0 Å². The number of hydrogen-bond acceptors (Lipinski definition) is 3. The van der Waals surface area contributed by atoms with E-state index in [-0.39, 0.29) is 12.5 Å². The van der Waals surface area contributed by atoms with Crippen molar-refractivity contribution in [1.29, 1.82) is 0 Å². The molecule has 0 unspecified atom stereocenters. The van der Waals surface area contributed by atoms with Crippen LogP contribution in [0.25, 0.3) is 5.65 Å². The van der Waals surface area contributed by atoms with Gasteiger partial charge in [-0.15, -0.1) is 0 Å². The van der Waals surface area contributed by atoms with Crippen molar-refractivity contribution in [3.05, 3.63) is 46.9 Å². The number of carbonyl (C=O) groups is 2. The van der Waals surface area contributed by atoms with E-state index in [1.807, 2.05) is 0 Å². The van der Waals surface area contributed by atoms with E-state index in [4.69, 9.17) is 16.7 Å². The molecule has 2 aromatic heterocycles. The topological polar surface area (TPSA) is 74.9 Å². The third-order valence-electron chi connectivity index (χ3n) is 3.43. The molecule has 3 heterocycles. The Kier molecular flexibility index (Phi) is 3.17. The third kappa shape index (κ3) is 2.17. The van der Waals surface area contributed by atoms with Crippen LogP contribution < -0.4 is 0 Å². The second-order valence-corrected chi connectivity index (χ2v) is 5.23. The van der Waals surface area contributed by atoms with Crippen molar-refractivity contribution in [2.45, 2.75) is 13.0 Å². The van der Waals surface area contributed by atoms with Gasteiger partial charge in [0.1, 0.15) is 17.4 Å². The lowest BCUT2D eigenvalue weighted by molar-refractivity contribution is -0.140. The molecule has 3 rings (SSSR count). The van der Waals surface area contributed by atoms with Gasteiger partial charge in [-0.2, -0.15) is 0 Å². The maximum absolute atomic E-state index is 12.7. The highest BCUT2D eigenvalue weighted by atomic mass is 35.5. The maximum Gasteiger partial charge on any atom is 0.330 e. The molecule has 0 spiro atoms. The molecule has 6 nitrogen and oxygen atoms in total. The van der Waals surface area contributed by atoms with Crippen LogP contribution in [0.2, 0.25) is 5.02 Å². The van der Waals surface area contributed by atoms with Gasteiger partial charge in [-0.3, -0.25) is 9.20 Å². The van der Waals surface area contributed by atoms with Crippen LogP contribution in [0.4, 0.5) is 0 Å². The van der Waals surface area contributed by atoms with Crippen LogP contribution in [0.15, 0.2) is 30.5 Å². The molecule has 1 aliphatic rings. The highest BCUT2D eigenvalue weighted by Gasteiger charge is 2.33. The summed E-state index contributed by atoms with van der Waals surface area (Å²) in [5.41, 5.74) is 1.47. The van der Waals surface area contributed by atoms with Crippen LogP contribution in [0.1, 0.15) is 16.2 Å². The third-order valence-corrected chi connectivity index (χ3v) is 3.65. The number of aryl methyl sites for hydroxylation is 1. The smallest absolute Gasteiger partial charge is 0.330 e. The summed E-state index contributed by atoms with van der Waals surface area (Å²) in [6.07, 6.45) is 4.78. The zero-order valence-corrected chi connectivity index (χ0v) is 11.9. The van der Waals surface area contributed by atoms with Crippen molar-refractivity contribution < 1.29 is 14.7 Å². The van der Waals surface area contributed by atoms with Gasteiger partial charge >= 0.3 is 5.97 Å². The van der Waals surface area contributed by atoms with E-state index in [0.29, 0.717) is 22.1 Å². The van der Waals surface area contributed by atoms with E-state index in [0.717, 1.165) is 0 Å².